The van der Waals surface area contributed by atoms with Gasteiger partial charge in [-0.15, -0.1) is 0 Å². The van der Waals surface area contributed by atoms with Crippen LogP contribution in [0.2, 0.25) is 0 Å². The minimum absolute atomic E-state index is 0.0308. The van der Waals surface area contributed by atoms with Crippen molar-refractivity contribution in [3.8, 4) is 0 Å². The highest BCUT2D eigenvalue weighted by molar-refractivity contribution is 5.73. The Morgan fingerprint density at radius 3 is 2.16 bits per heavy atom. The van der Waals surface area contributed by atoms with Gasteiger partial charge in [0.15, 0.2) is 12.6 Å². The standard InChI is InChI=1S/C38H72N2O11/c1-14-27-38(10,45)32(42)21(3)16-15-20(2)18-36(8,44)33(51-35-29(41)26(40(11)12)17-22(4)47-35)23(5)30(24(6)34(43)49-27)50-28-19-37(9,46-13)31(39)25(7)48-28/h20-33,35,41-42,44-45H,14-19,39H2,1-13H3/t20-,21-,22+,23-,24+,25-,26?,27+,28?,29?,30?,31?,32?,33?,35?,36+,37+,38-/m0/s1. The van der Waals surface area contributed by atoms with E-state index in [0.29, 0.717) is 25.7 Å². The molecule has 8 unspecified atom stereocenters. The summed E-state index contributed by atoms with van der Waals surface area (Å²) in [6.07, 6.45) is -5.11. The van der Waals surface area contributed by atoms with Crippen LogP contribution < -0.4 is 5.73 Å². The molecule has 0 radical (unpaired) electrons. The van der Waals surface area contributed by atoms with Crippen LogP contribution in [0.3, 0.4) is 0 Å². The van der Waals surface area contributed by atoms with E-state index in [0.717, 1.165) is 0 Å². The lowest BCUT2D eigenvalue weighted by molar-refractivity contribution is -0.311. The summed E-state index contributed by atoms with van der Waals surface area (Å²) < 4.78 is 37.8. The Morgan fingerprint density at radius 2 is 1.59 bits per heavy atom. The first kappa shape index (κ1) is 44.4. The summed E-state index contributed by atoms with van der Waals surface area (Å²) in [6, 6.07) is -0.688. The fraction of sp³-hybridized carbons (Fsp3) is 0.974. The van der Waals surface area contributed by atoms with E-state index in [2.05, 4.69) is 0 Å². The van der Waals surface area contributed by atoms with E-state index < -0.39 is 89.9 Å². The van der Waals surface area contributed by atoms with Crippen molar-refractivity contribution in [2.45, 2.75) is 192 Å². The van der Waals surface area contributed by atoms with Gasteiger partial charge in [-0.2, -0.15) is 0 Å². The van der Waals surface area contributed by atoms with Gasteiger partial charge in [-0.05, 0) is 93.2 Å². The fourth-order valence-corrected chi connectivity index (χ4v) is 8.71. The van der Waals surface area contributed by atoms with Gasteiger partial charge in [-0.3, -0.25) is 4.79 Å². The van der Waals surface area contributed by atoms with Crippen LogP contribution >= 0.6 is 0 Å². The number of likely N-dealkylation sites (N-methyl/N-ethyl adjacent to an activating group) is 1. The molecule has 3 saturated heterocycles. The number of carbonyl (C=O) groups excluding carboxylic acids is 1. The van der Waals surface area contributed by atoms with Gasteiger partial charge in [0.05, 0.1) is 53.7 Å². The second kappa shape index (κ2) is 17.7. The van der Waals surface area contributed by atoms with E-state index in [1.54, 1.807) is 27.9 Å². The average Bonchev–Trinajstić information content (AvgIpc) is 3.05. The topological polar surface area (TPSA) is 183 Å². The van der Waals surface area contributed by atoms with Gasteiger partial charge >= 0.3 is 5.97 Å². The van der Waals surface area contributed by atoms with E-state index >= 15 is 0 Å². The molecule has 0 aromatic heterocycles. The second-order valence-corrected chi connectivity index (χ2v) is 17.1. The molecular formula is C38H72N2O11. The maximum atomic E-state index is 14.2. The molecule has 3 aliphatic heterocycles. The molecule has 3 fully saturated rings. The molecule has 3 aliphatic rings. The van der Waals surface area contributed by atoms with Gasteiger partial charge in [-0.1, -0.05) is 34.1 Å². The van der Waals surface area contributed by atoms with E-state index in [-0.39, 0.29) is 36.8 Å². The number of carbonyl (C=O) groups is 1. The van der Waals surface area contributed by atoms with Crippen LogP contribution in [0.5, 0.6) is 0 Å². The molecule has 0 saturated carbocycles. The molecule has 6 N–H and O–H groups in total. The largest absolute Gasteiger partial charge is 0.459 e. The van der Waals surface area contributed by atoms with Gasteiger partial charge in [0.2, 0.25) is 0 Å². The molecule has 0 spiro atoms. The number of cyclic esters (lactones) is 1. The Labute approximate surface area is 306 Å². The summed E-state index contributed by atoms with van der Waals surface area (Å²) in [4.78, 5) is 16.1. The van der Waals surface area contributed by atoms with Crippen LogP contribution in [0.4, 0.5) is 0 Å². The lowest BCUT2D eigenvalue weighted by Gasteiger charge is -2.49. The molecule has 51 heavy (non-hydrogen) atoms. The maximum Gasteiger partial charge on any atom is 0.311 e. The number of esters is 1. The average molecular weight is 733 g/mol. The number of nitrogens with zero attached hydrogens (tertiary/aromatic N) is 1. The third-order valence-corrected chi connectivity index (χ3v) is 12.3. The molecule has 3 rings (SSSR count). The monoisotopic (exact) mass is 733 g/mol. The molecule has 300 valence electrons. The van der Waals surface area contributed by atoms with Crippen molar-refractivity contribution in [3.05, 3.63) is 0 Å². The van der Waals surface area contributed by atoms with E-state index in [4.69, 9.17) is 34.2 Å². The third-order valence-electron chi connectivity index (χ3n) is 12.3. The highest BCUT2D eigenvalue weighted by Crippen LogP contribution is 2.40. The second-order valence-electron chi connectivity index (χ2n) is 17.1. The van der Waals surface area contributed by atoms with E-state index in [1.807, 2.05) is 60.5 Å². The van der Waals surface area contributed by atoms with Gasteiger partial charge in [0.1, 0.15) is 17.8 Å². The molecular weight excluding hydrogens is 660 g/mol. The lowest BCUT2D eigenvalue weighted by Crippen LogP contribution is -2.62. The van der Waals surface area contributed by atoms with Crippen molar-refractivity contribution >= 4 is 5.97 Å². The number of ether oxygens (including phenoxy) is 6. The molecule has 0 aromatic rings. The molecule has 0 aliphatic carbocycles. The molecule has 13 heteroatoms. The minimum Gasteiger partial charge on any atom is -0.459 e. The molecule has 0 amide bonds. The summed E-state index contributed by atoms with van der Waals surface area (Å²) >= 11 is 0. The number of aliphatic hydroxyl groups is 4. The Balaban J connectivity index is 2.15. The Hall–Kier alpha value is -0.970. The van der Waals surface area contributed by atoms with Gasteiger partial charge in [0, 0.05) is 25.5 Å². The third kappa shape index (κ3) is 10.2. The highest BCUT2D eigenvalue weighted by atomic mass is 16.7. The molecule has 13 nitrogen and oxygen atoms in total. The van der Waals surface area contributed by atoms with Crippen molar-refractivity contribution in [3.63, 3.8) is 0 Å². The SMILES string of the molecule is CC[C@H]1OC(=O)[C@H](C)C(OC2C[C@@](C)(OC)C(N)[C@H](C)O2)[C@H](C)C(OC2O[C@H](C)CC(N(C)C)C2O)[C@](C)(O)C[C@@H](C)CC[C@H](C)C(O)[C@@]1(C)O. The Bertz CT molecular complexity index is 1110. The normalized spacial score (nSPS) is 49.9. The predicted molar refractivity (Wildman–Crippen MR) is 192 cm³/mol. The first-order valence-electron chi connectivity index (χ1n) is 19.1. The number of hydrogen-bond donors (Lipinski definition) is 5. The van der Waals surface area contributed by atoms with E-state index in [9.17, 15) is 25.2 Å². The van der Waals surface area contributed by atoms with E-state index in [1.165, 1.54) is 6.92 Å². The summed E-state index contributed by atoms with van der Waals surface area (Å²) in [5, 5.41) is 47.0. The zero-order valence-corrected chi connectivity index (χ0v) is 33.6. The predicted octanol–water partition coefficient (Wildman–Crippen LogP) is 2.96. The van der Waals surface area contributed by atoms with Crippen LogP contribution in [-0.2, 0) is 33.2 Å². The Kier molecular flexibility index (Phi) is 15.4. The summed E-state index contributed by atoms with van der Waals surface area (Å²) in [6.45, 7) is 18.1. The number of nitrogens with two attached hydrogens (primary N) is 1. The molecule has 3 heterocycles. The fourth-order valence-electron chi connectivity index (χ4n) is 8.71. The summed E-state index contributed by atoms with van der Waals surface area (Å²) in [7, 11) is 5.39. The summed E-state index contributed by atoms with van der Waals surface area (Å²) in [5.74, 6) is -2.66. The number of methoxy groups -OCH3 is 1. The zero-order valence-electron chi connectivity index (χ0n) is 33.6. The van der Waals surface area contributed by atoms with Crippen molar-refractivity contribution < 1.29 is 53.6 Å². The maximum absolute atomic E-state index is 14.2. The Morgan fingerprint density at radius 1 is 0.961 bits per heavy atom. The minimum atomic E-state index is -1.72. The van der Waals surface area contributed by atoms with Crippen molar-refractivity contribution in [2.75, 3.05) is 21.2 Å². The van der Waals surface area contributed by atoms with Crippen molar-refractivity contribution in [1.29, 1.82) is 0 Å². The lowest BCUT2D eigenvalue weighted by atomic mass is 9.76. The van der Waals surface area contributed by atoms with Crippen LogP contribution in [0.25, 0.3) is 0 Å². The number of rotatable bonds is 7. The van der Waals surface area contributed by atoms with Gasteiger partial charge in [-0.25, -0.2) is 0 Å². The quantitative estimate of drug-likeness (QED) is 0.241. The van der Waals surface area contributed by atoms with Gasteiger partial charge < -0.3 is 59.5 Å². The van der Waals surface area contributed by atoms with Crippen LogP contribution in [0.1, 0.15) is 108 Å². The zero-order chi connectivity index (χ0) is 38.8. The smallest absolute Gasteiger partial charge is 0.311 e. The number of aliphatic hydroxyl groups excluding tert-OH is 2. The van der Waals surface area contributed by atoms with Crippen molar-refractivity contribution in [2.24, 2.45) is 29.4 Å². The molecule has 0 aromatic carbocycles. The first-order valence-corrected chi connectivity index (χ1v) is 19.1. The highest BCUT2D eigenvalue weighted by Gasteiger charge is 2.52. The van der Waals surface area contributed by atoms with Gasteiger partial charge in [0.25, 0.3) is 0 Å². The van der Waals surface area contributed by atoms with Crippen LogP contribution in [0.15, 0.2) is 0 Å². The van der Waals surface area contributed by atoms with Crippen molar-refractivity contribution in [1.82, 2.24) is 4.90 Å². The molecule has 18 atom stereocenters. The summed E-state index contributed by atoms with van der Waals surface area (Å²) in [5.41, 5.74) is 2.48. The van der Waals surface area contributed by atoms with Crippen LogP contribution in [0, 0.1) is 23.7 Å². The first-order chi connectivity index (χ1) is 23.5. The molecule has 0 bridgehead atoms. The van der Waals surface area contributed by atoms with Crippen LogP contribution in [-0.4, -0.2) is 137 Å². The number of hydrogen-bond acceptors (Lipinski definition) is 13.